The van der Waals surface area contributed by atoms with Gasteiger partial charge in [-0.3, -0.25) is 19.4 Å². The van der Waals surface area contributed by atoms with Crippen LogP contribution >= 0.6 is 0 Å². The number of carbonyl (C=O) groups is 2. The van der Waals surface area contributed by atoms with Crippen LogP contribution in [0.25, 0.3) is 0 Å². The first kappa shape index (κ1) is 23.5. The van der Waals surface area contributed by atoms with Crippen LogP contribution in [0, 0.1) is 0 Å². The number of anilines is 2. The molecule has 1 aliphatic rings. The monoisotopic (exact) mass is 458 g/mol. The van der Waals surface area contributed by atoms with Crippen LogP contribution in [0.3, 0.4) is 0 Å². The van der Waals surface area contributed by atoms with Gasteiger partial charge in [-0.05, 0) is 42.0 Å². The number of amides is 2. The summed E-state index contributed by atoms with van der Waals surface area (Å²) in [4.78, 5) is 29.7. The molecule has 0 spiro atoms. The molecule has 3 aromatic carbocycles. The van der Waals surface area contributed by atoms with Crippen LogP contribution < -0.4 is 15.4 Å². The Morgan fingerprint density at radius 1 is 0.794 bits per heavy atom. The SMILES string of the molecule is COc1ccccc1NC(=O)c1ccc(NC(=O)CN2CCN(Cc3ccccc3)CC2)cc1. The summed E-state index contributed by atoms with van der Waals surface area (Å²) in [5.74, 6) is 0.305. The molecule has 1 aliphatic heterocycles. The number of para-hydroxylation sites is 2. The second kappa shape index (κ2) is 11.4. The quantitative estimate of drug-likeness (QED) is 0.539. The molecule has 1 saturated heterocycles. The van der Waals surface area contributed by atoms with E-state index in [-0.39, 0.29) is 11.8 Å². The van der Waals surface area contributed by atoms with Gasteiger partial charge in [0, 0.05) is 44.0 Å². The average molecular weight is 459 g/mol. The van der Waals surface area contributed by atoms with E-state index in [1.54, 1.807) is 43.5 Å². The fourth-order valence-electron chi connectivity index (χ4n) is 4.00. The first-order valence-electron chi connectivity index (χ1n) is 11.4. The van der Waals surface area contributed by atoms with Crippen molar-refractivity contribution in [2.75, 3.05) is 50.5 Å². The lowest BCUT2D eigenvalue weighted by Crippen LogP contribution is -2.48. The third kappa shape index (κ3) is 6.43. The van der Waals surface area contributed by atoms with Crippen molar-refractivity contribution in [3.8, 4) is 5.75 Å². The van der Waals surface area contributed by atoms with Crippen molar-refractivity contribution in [1.29, 1.82) is 0 Å². The molecule has 4 rings (SSSR count). The summed E-state index contributed by atoms with van der Waals surface area (Å²) in [6.07, 6.45) is 0. The van der Waals surface area contributed by atoms with Gasteiger partial charge < -0.3 is 15.4 Å². The molecule has 0 radical (unpaired) electrons. The van der Waals surface area contributed by atoms with Crippen LogP contribution in [0.2, 0.25) is 0 Å². The largest absolute Gasteiger partial charge is 0.495 e. The van der Waals surface area contributed by atoms with E-state index < -0.39 is 0 Å². The Bertz CT molecular complexity index is 1090. The van der Waals surface area contributed by atoms with Gasteiger partial charge in [0.2, 0.25) is 5.91 Å². The van der Waals surface area contributed by atoms with E-state index in [2.05, 4.69) is 44.7 Å². The summed E-state index contributed by atoms with van der Waals surface area (Å²) < 4.78 is 5.27. The Balaban J connectivity index is 1.23. The highest BCUT2D eigenvalue weighted by molar-refractivity contribution is 6.05. The minimum Gasteiger partial charge on any atom is -0.495 e. The summed E-state index contributed by atoms with van der Waals surface area (Å²) in [7, 11) is 1.56. The summed E-state index contributed by atoms with van der Waals surface area (Å²) in [5, 5.41) is 5.78. The number of nitrogens with one attached hydrogen (secondary N) is 2. The Morgan fingerprint density at radius 3 is 2.15 bits per heavy atom. The first-order valence-corrected chi connectivity index (χ1v) is 11.4. The lowest BCUT2D eigenvalue weighted by molar-refractivity contribution is -0.117. The molecular formula is C27H30N4O3. The van der Waals surface area contributed by atoms with Gasteiger partial charge in [-0.2, -0.15) is 0 Å². The van der Waals surface area contributed by atoms with Crippen molar-refractivity contribution in [2.45, 2.75) is 6.54 Å². The van der Waals surface area contributed by atoms with Gasteiger partial charge in [0.15, 0.2) is 0 Å². The maximum atomic E-state index is 12.6. The third-order valence-electron chi connectivity index (χ3n) is 5.87. The van der Waals surface area contributed by atoms with Crippen molar-refractivity contribution in [3.63, 3.8) is 0 Å². The molecular weight excluding hydrogens is 428 g/mol. The van der Waals surface area contributed by atoms with Crippen molar-refractivity contribution >= 4 is 23.2 Å². The molecule has 2 amide bonds. The maximum Gasteiger partial charge on any atom is 0.255 e. The number of piperazine rings is 1. The summed E-state index contributed by atoms with van der Waals surface area (Å²) in [5.41, 5.74) is 3.09. The second-order valence-corrected chi connectivity index (χ2v) is 8.32. The van der Waals surface area contributed by atoms with E-state index in [1.807, 2.05) is 18.2 Å². The van der Waals surface area contributed by atoms with Gasteiger partial charge in [0.1, 0.15) is 5.75 Å². The number of nitrogens with zero attached hydrogens (tertiary/aromatic N) is 2. The topological polar surface area (TPSA) is 73.9 Å². The molecule has 176 valence electrons. The molecule has 1 heterocycles. The molecule has 0 aliphatic carbocycles. The highest BCUT2D eigenvalue weighted by atomic mass is 16.5. The van der Waals surface area contributed by atoms with E-state index in [4.69, 9.17) is 4.74 Å². The molecule has 0 aromatic heterocycles. The fourth-order valence-corrected chi connectivity index (χ4v) is 4.00. The Hall–Kier alpha value is -3.68. The zero-order chi connectivity index (χ0) is 23.8. The number of hydrogen-bond donors (Lipinski definition) is 2. The van der Waals surface area contributed by atoms with Crippen LogP contribution in [0.1, 0.15) is 15.9 Å². The summed E-state index contributed by atoms with van der Waals surface area (Å²) in [6, 6.07) is 24.6. The minimum absolute atomic E-state index is 0.0530. The molecule has 7 nitrogen and oxygen atoms in total. The first-order chi connectivity index (χ1) is 16.6. The lowest BCUT2D eigenvalue weighted by atomic mass is 10.2. The highest BCUT2D eigenvalue weighted by Gasteiger charge is 2.19. The van der Waals surface area contributed by atoms with Crippen molar-refractivity contribution < 1.29 is 14.3 Å². The standard InChI is InChI=1S/C27H30N4O3/c1-34-25-10-6-5-9-24(25)29-27(33)22-11-13-23(14-12-22)28-26(32)20-31-17-15-30(16-18-31)19-21-7-3-2-4-8-21/h2-14H,15-20H2,1H3,(H,28,32)(H,29,33). The molecule has 0 unspecified atom stereocenters. The van der Waals surface area contributed by atoms with Gasteiger partial charge in [0.25, 0.3) is 5.91 Å². The van der Waals surface area contributed by atoms with Crippen LogP contribution in [-0.4, -0.2) is 61.4 Å². The minimum atomic E-state index is -0.240. The Kier molecular flexibility index (Phi) is 7.91. The van der Waals surface area contributed by atoms with Crippen molar-refractivity contribution in [2.24, 2.45) is 0 Å². The number of rotatable bonds is 8. The zero-order valence-electron chi connectivity index (χ0n) is 19.4. The molecule has 7 heteroatoms. The predicted octanol–water partition coefficient (Wildman–Crippen LogP) is 3.70. The highest BCUT2D eigenvalue weighted by Crippen LogP contribution is 2.24. The van der Waals surface area contributed by atoms with E-state index in [0.717, 1.165) is 32.7 Å². The molecule has 0 atom stereocenters. The number of carbonyl (C=O) groups excluding carboxylic acids is 2. The summed E-state index contributed by atoms with van der Waals surface area (Å²) in [6.45, 7) is 4.91. The van der Waals surface area contributed by atoms with Crippen molar-refractivity contribution in [1.82, 2.24) is 9.80 Å². The number of hydrogen-bond acceptors (Lipinski definition) is 5. The average Bonchev–Trinajstić information content (AvgIpc) is 2.86. The summed E-state index contributed by atoms with van der Waals surface area (Å²) >= 11 is 0. The van der Waals surface area contributed by atoms with Gasteiger partial charge in [-0.1, -0.05) is 42.5 Å². The van der Waals surface area contributed by atoms with Crippen LogP contribution in [0.15, 0.2) is 78.9 Å². The molecule has 1 fully saturated rings. The van der Waals surface area contributed by atoms with Crippen LogP contribution in [0.5, 0.6) is 5.75 Å². The second-order valence-electron chi connectivity index (χ2n) is 8.32. The van der Waals surface area contributed by atoms with Gasteiger partial charge in [-0.15, -0.1) is 0 Å². The Morgan fingerprint density at radius 2 is 1.44 bits per heavy atom. The zero-order valence-corrected chi connectivity index (χ0v) is 19.4. The van der Waals surface area contributed by atoms with E-state index >= 15 is 0 Å². The molecule has 34 heavy (non-hydrogen) atoms. The van der Waals surface area contributed by atoms with Gasteiger partial charge >= 0.3 is 0 Å². The van der Waals surface area contributed by atoms with E-state index in [9.17, 15) is 9.59 Å². The number of methoxy groups -OCH3 is 1. The number of ether oxygens (including phenoxy) is 1. The molecule has 0 bridgehead atoms. The molecule has 0 saturated carbocycles. The number of benzene rings is 3. The molecule has 3 aromatic rings. The predicted molar refractivity (Wildman–Crippen MR) is 134 cm³/mol. The molecule has 2 N–H and O–H groups in total. The van der Waals surface area contributed by atoms with Crippen molar-refractivity contribution in [3.05, 3.63) is 90.0 Å². The van der Waals surface area contributed by atoms with E-state index in [1.165, 1.54) is 5.56 Å². The fraction of sp³-hybridized carbons (Fsp3) is 0.259. The van der Waals surface area contributed by atoms with Crippen LogP contribution in [-0.2, 0) is 11.3 Å². The maximum absolute atomic E-state index is 12.6. The van der Waals surface area contributed by atoms with Gasteiger partial charge in [0.05, 0.1) is 19.3 Å². The smallest absolute Gasteiger partial charge is 0.255 e. The normalized spacial score (nSPS) is 14.4. The van der Waals surface area contributed by atoms with Crippen LogP contribution in [0.4, 0.5) is 11.4 Å². The lowest BCUT2D eigenvalue weighted by Gasteiger charge is -2.34. The third-order valence-corrected chi connectivity index (χ3v) is 5.87. The van der Waals surface area contributed by atoms with Gasteiger partial charge in [-0.25, -0.2) is 0 Å². The Labute approximate surface area is 200 Å². The van der Waals surface area contributed by atoms with E-state index in [0.29, 0.717) is 29.2 Å².